The molecule has 1 aromatic heterocycles. The second kappa shape index (κ2) is 5.76. The number of aliphatic hydroxyl groups is 1. The highest BCUT2D eigenvalue weighted by atomic mass is 32.1. The lowest BCUT2D eigenvalue weighted by Crippen LogP contribution is -2.16. The lowest BCUT2D eigenvalue weighted by molar-refractivity contribution is 0.160. The molecule has 8 heteroatoms. The monoisotopic (exact) mass is 346 g/mol. The van der Waals surface area contributed by atoms with Crippen molar-refractivity contribution in [1.82, 2.24) is 4.98 Å². The maximum absolute atomic E-state index is 14.3. The number of benzene rings is 1. The molecule has 2 aromatic rings. The summed E-state index contributed by atoms with van der Waals surface area (Å²) in [5, 5.41) is 9.76. The van der Waals surface area contributed by atoms with Crippen molar-refractivity contribution in [3.05, 3.63) is 33.8 Å². The van der Waals surface area contributed by atoms with Crippen molar-refractivity contribution < 1.29 is 22.7 Å². The highest BCUT2D eigenvalue weighted by Gasteiger charge is 2.31. The Hall–Kier alpha value is -1.67. The van der Waals surface area contributed by atoms with Crippen molar-refractivity contribution in [1.29, 1.82) is 0 Å². The third kappa shape index (κ3) is 2.49. The molecule has 0 bridgehead atoms. The summed E-state index contributed by atoms with van der Waals surface area (Å²) in [6.07, 6.45) is 1.03. The highest BCUT2D eigenvalue weighted by molar-refractivity contribution is 7.15. The molecule has 3 rings (SSSR count). The molecule has 0 saturated carbocycles. The number of hydrogen-bond acceptors (Lipinski definition) is 4. The van der Waals surface area contributed by atoms with Crippen LogP contribution < -0.4 is 4.90 Å². The number of anilines is 1. The van der Waals surface area contributed by atoms with Crippen LogP contribution in [0.3, 0.4) is 0 Å². The fourth-order valence-electron chi connectivity index (χ4n) is 2.70. The Balaban J connectivity index is 2.22. The van der Waals surface area contributed by atoms with E-state index in [4.69, 9.17) is 0 Å². The average Bonchev–Trinajstić information content (AvgIpc) is 2.90. The molecule has 0 amide bonds. The topological polar surface area (TPSA) is 36.4 Å². The number of aryl methyl sites for hydroxylation is 1. The molecule has 1 N–H and O–H groups in total. The summed E-state index contributed by atoms with van der Waals surface area (Å²) in [5.74, 6) is -5.88. The van der Waals surface area contributed by atoms with Crippen LogP contribution in [0.5, 0.6) is 0 Å². The number of hydrogen-bond donors (Lipinski definition) is 1. The summed E-state index contributed by atoms with van der Waals surface area (Å²) in [7, 11) is 2.58. The van der Waals surface area contributed by atoms with E-state index in [0.29, 0.717) is 29.8 Å². The number of aromatic nitrogens is 1. The molecule has 0 saturated heterocycles. The molecule has 1 unspecified atom stereocenters. The van der Waals surface area contributed by atoms with E-state index in [1.165, 1.54) is 14.1 Å². The van der Waals surface area contributed by atoms with Crippen LogP contribution in [0.1, 0.15) is 29.5 Å². The second-order valence-electron chi connectivity index (χ2n) is 5.61. The van der Waals surface area contributed by atoms with E-state index in [-0.39, 0.29) is 5.01 Å². The predicted octanol–water partition coefficient (Wildman–Crippen LogP) is 3.80. The van der Waals surface area contributed by atoms with Crippen LogP contribution in [-0.4, -0.2) is 24.2 Å². The number of halogens is 4. The summed E-state index contributed by atoms with van der Waals surface area (Å²) in [4.78, 5) is 5.55. The zero-order valence-corrected chi connectivity index (χ0v) is 13.3. The molecular formula is C15H14F4N2OS. The SMILES string of the molecule is CN(C)c1c(F)c(F)c(-c2nc3c(s2)C(O)CCC3)c(F)c1F. The molecule has 0 radical (unpaired) electrons. The highest BCUT2D eigenvalue weighted by Crippen LogP contribution is 2.41. The van der Waals surface area contributed by atoms with Gasteiger partial charge in [0.05, 0.1) is 22.2 Å². The van der Waals surface area contributed by atoms with E-state index in [1.54, 1.807) is 0 Å². The van der Waals surface area contributed by atoms with Gasteiger partial charge in [-0.15, -0.1) is 11.3 Å². The summed E-state index contributed by atoms with van der Waals surface area (Å²) in [6, 6.07) is 0. The van der Waals surface area contributed by atoms with Crippen molar-refractivity contribution in [3.63, 3.8) is 0 Å². The molecule has 124 valence electrons. The van der Waals surface area contributed by atoms with E-state index in [1.807, 2.05) is 0 Å². The Kier molecular flexibility index (Phi) is 4.05. The number of aliphatic hydroxyl groups excluding tert-OH is 1. The fraction of sp³-hybridized carbons (Fsp3) is 0.400. The van der Waals surface area contributed by atoms with Crippen LogP contribution in [0.2, 0.25) is 0 Å². The first-order valence-electron chi connectivity index (χ1n) is 7.04. The standard InChI is InChI=1S/C15H14F4N2OS/c1-21(2)13-11(18)9(16)8(10(17)12(13)19)15-20-6-4-3-5-7(22)14(6)23-15/h7,22H,3-5H2,1-2H3. The first-order valence-corrected chi connectivity index (χ1v) is 7.85. The number of nitrogens with zero attached hydrogens (tertiary/aromatic N) is 2. The molecule has 0 spiro atoms. The van der Waals surface area contributed by atoms with Gasteiger partial charge in [-0.25, -0.2) is 22.5 Å². The first kappa shape index (κ1) is 16.2. The zero-order chi connectivity index (χ0) is 16.9. The molecule has 3 nitrogen and oxygen atoms in total. The molecular weight excluding hydrogens is 332 g/mol. The van der Waals surface area contributed by atoms with Crippen molar-refractivity contribution in [2.75, 3.05) is 19.0 Å². The Labute approximate surface area is 134 Å². The van der Waals surface area contributed by atoms with E-state index < -0.39 is 40.6 Å². The van der Waals surface area contributed by atoms with Crippen molar-refractivity contribution in [2.24, 2.45) is 0 Å². The largest absolute Gasteiger partial charge is 0.388 e. The van der Waals surface area contributed by atoms with Gasteiger partial charge in [-0.05, 0) is 19.3 Å². The van der Waals surface area contributed by atoms with Crippen LogP contribution in [-0.2, 0) is 6.42 Å². The van der Waals surface area contributed by atoms with Gasteiger partial charge in [0.15, 0.2) is 23.3 Å². The molecule has 23 heavy (non-hydrogen) atoms. The second-order valence-corrected chi connectivity index (χ2v) is 6.64. The van der Waals surface area contributed by atoms with E-state index >= 15 is 0 Å². The van der Waals surface area contributed by atoms with E-state index in [9.17, 15) is 22.7 Å². The summed E-state index contributed by atoms with van der Waals surface area (Å²) >= 11 is 0.868. The van der Waals surface area contributed by atoms with E-state index in [0.717, 1.165) is 16.2 Å². The van der Waals surface area contributed by atoms with Gasteiger partial charge in [-0.2, -0.15) is 0 Å². The number of rotatable bonds is 2. The normalized spacial score (nSPS) is 17.3. The maximum atomic E-state index is 14.3. The van der Waals surface area contributed by atoms with Gasteiger partial charge in [0.25, 0.3) is 0 Å². The lowest BCUT2D eigenvalue weighted by atomic mass is 10.0. The van der Waals surface area contributed by atoms with Crippen LogP contribution >= 0.6 is 11.3 Å². The van der Waals surface area contributed by atoms with Gasteiger partial charge in [-0.3, -0.25) is 0 Å². The van der Waals surface area contributed by atoms with Crippen molar-refractivity contribution >= 4 is 17.0 Å². The van der Waals surface area contributed by atoms with Gasteiger partial charge in [-0.1, -0.05) is 0 Å². The summed E-state index contributed by atoms with van der Waals surface area (Å²) < 4.78 is 56.8. The maximum Gasteiger partial charge on any atom is 0.186 e. The predicted molar refractivity (Wildman–Crippen MR) is 79.6 cm³/mol. The molecule has 1 aliphatic rings. The van der Waals surface area contributed by atoms with Crippen LogP contribution in [0.15, 0.2) is 0 Å². The Morgan fingerprint density at radius 1 is 1.09 bits per heavy atom. The quantitative estimate of drug-likeness (QED) is 0.664. The van der Waals surface area contributed by atoms with Crippen LogP contribution in [0.4, 0.5) is 23.2 Å². The van der Waals surface area contributed by atoms with Crippen LogP contribution in [0.25, 0.3) is 10.6 Å². The van der Waals surface area contributed by atoms with Gasteiger partial charge >= 0.3 is 0 Å². The number of thiazole rings is 1. The fourth-order valence-corrected chi connectivity index (χ4v) is 3.87. The lowest BCUT2D eigenvalue weighted by Gasteiger charge is -2.17. The minimum absolute atomic E-state index is 0.158. The van der Waals surface area contributed by atoms with E-state index in [2.05, 4.69) is 4.98 Å². The Bertz CT molecular complexity index is 746. The minimum Gasteiger partial charge on any atom is -0.388 e. The Morgan fingerprint density at radius 3 is 2.22 bits per heavy atom. The molecule has 1 aliphatic carbocycles. The molecule has 0 fully saturated rings. The van der Waals surface area contributed by atoms with Crippen LogP contribution in [0, 0.1) is 23.3 Å². The molecule has 1 aromatic carbocycles. The molecule has 0 aliphatic heterocycles. The molecule has 1 atom stereocenters. The van der Waals surface area contributed by atoms with Gasteiger partial charge in [0, 0.05) is 14.1 Å². The molecule has 1 heterocycles. The Morgan fingerprint density at radius 2 is 1.70 bits per heavy atom. The summed E-state index contributed by atoms with van der Waals surface area (Å²) in [6.45, 7) is 0. The average molecular weight is 346 g/mol. The van der Waals surface area contributed by atoms with Gasteiger partial charge < -0.3 is 10.0 Å². The van der Waals surface area contributed by atoms with Crippen molar-refractivity contribution in [3.8, 4) is 10.6 Å². The zero-order valence-electron chi connectivity index (χ0n) is 12.5. The summed E-state index contributed by atoms with van der Waals surface area (Å²) in [5.41, 5.74) is -1.07. The van der Waals surface area contributed by atoms with Gasteiger partial charge in [0.1, 0.15) is 10.7 Å². The third-order valence-corrected chi connectivity index (χ3v) is 5.04. The van der Waals surface area contributed by atoms with Gasteiger partial charge in [0.2, 0.25) is 0 Å². The third-order valence-electron chi connectivity index (χ3n) is 3.82. The first-order chi connectivity index (χ1) is 10.8. The smallest absolute Gasteiger partial charge is 0.186 e. The minimum atomic E-state index is -1.48. The van der Waals surface area contributed by atoms with Crippen molar-refractivity contribution in [2.45, 2.75) is 25.4 Å². The number of fused-ring (bicyclic) bond motifs is 1.